The number of hydrogen-bond donors (Lipinski definition) is 1. The fraction of sp³-hybridized carbons (Fsp3) is 0.273. The average molecular weight is 402 g/mol. The zero-order valence-corrected chi connectivity index (χ0v) is 16.4. The third-order valence-electron chi connectivity index (χ3n) is 5.75. The van der Waals surface area contributed by atoms with Gasteiger partial charge in [0.25, 0.3) is 5.91 Å². The molecule has 8 nitrogen and oxygen atoms in total. The highest BCUT2D eigenvalue weighted by atomic mass is 16.5. The van der Waals surface area contributed by atoms with E-state index in [1.807, 2.05) is 6.07 Å². The van der Waals surface area contributed by atoms with Crippen LogP contribution in [0.3, 0.4) is 0 Å². The van der Waals surface area contributed by atoms with E-state index < -0.39 is 11.6 Å². The summed E-state index contributed by atoms with van der Waals surface area (Å²) in [4.78, 5) is 30.4. The Kier molecular flexibility index (Phi) is 3.91. The third kappa shape index (κ3) is 2.60. The van der Waals surface area contributed by atoms with Crippen molar-refractivity contribution in [2.24, 2.45) is 5.92 Å². The largest absolute Gasteiger partial charge is 0.464 e. The molecule has 0 bridgehead atoms. The number of rotatable bonds is 2. The molecule has 3 aromatic rings. The van der Waals surface area contributed by atoms with Gasteiger partial charge in [0, 0.05) is 30.8 Å². The number of fused-ring (bicyclic) bond motifs is 2. The minimum absolute atomic E-state index is 0.0846. The number of carbonyl (C=O) groups excluding carboxylic acids is 2. The van der Waals surface area contributed by atoms with Gasteiger partial charge in [0.05, 0.1) is 18.2 Å². The quantitative estimate of drug-likeness (QED) is 0.510. The number of piperidine rings is 1. The fourth-order valence-corrected chi connectivity index (χ4v) is 4.05. The molecule has 30 heavy (non-hydrogen) atoms. The van der Waals surface area contributed by atoms with Crippen molar-refractivity contribution in [3.8, 4) is 17.5 Å². The molecule has 1 saturated heterocycles. The monoisotopic (exact) mass is 402 g/mol. The molecule has 1 aliphatic heterocycles. The first-order valence-electron chi connectivity index (χ1n) is 9.49. The zero-order chi connectivity index (χ0) is 21.0. The predicted octanol–water partition coefficient (Wildman–Crippen LogP) is 1.15. The highest BCUT2D eigenvalue weighted by Gasteiger charge is 2.66. The summed E-state index contributed by atoms with van der Waals surface area (Å²) in [5, 5.41) is 15.7. The molecule has 8 heteroatoms. The van der Waals surface area contributed by atoms with E-state index >= 15 is 0 Å². The summed E-state index contributed by atoms with van der Waals surface area (Å²) in [6, 6.07) is 10.7. The third-order valence-corrected chi connectivity index (χ3v) is 5.75. The Morgan fingerprint density at radius 2 is 2.17 bits per heavy atom. The molecule has 2 aliphatic rings. The van der Waals surface area contributed by atoms with Crippen LogP contribution < -0.4 is 0 Å². The summed E-state index contributed by atoms with van der Waals surface area (Å²) in [6.45, 7) is 0. The van der Waals surface area contributed by atoms with Crippen molar-refractivity contribution in [3.05, 3.63) is 53.9 Å². The van der Waals surface area contributed by atoms with Crippen LogP contribution in [0.25, 0.3) is 16.7 Å². The molecule has 2 aromatic heterocycles. The van der Waals surface area contributed by atoms with Gasteiger partial charge in [0.1, 0.15) is 0 Å². The molecule has 0 spiro atoms. The minimum atomic E-state index is -1.63. The Morgan fingerprint density at radius 3 is 2.90 bits per heavy atom. The number of aliphatic hydroxyl groups is 1. The molecule has 1 N–H and O–H groups in total. The van der Waals surface area contributed by atoms with Crippen LogP contribution in [-0.4, -0.2) is 62.4 Å². The van der Waals surface area contributed by atoms with Crippen LogP contribution >= 0.6 is 0 Å². The number of amides is 1. The van der Waals surface area contributed by atoms with E-state index in [1.165, 1.54) is 7.11 Å². The van der Waals surface area contributed by atoms with Crippen molar-refractivity contribution in [1.82, 2.24) is 19.7 Å². The van der Waals surface area contributed by atoms with Gasteiger partial charge in [-0.2, -0.15) is 5.10 Å². The van der Waals surface area contributed by atoms with Crippen LogP contribution in [0.4, 0.5) is 0 Å². The summed E-state index contributed by atoms with van der Waals surface area (Å²) in [5.41, 5.74) is 0.306. The predicted molar refractivity (Wildman–Crippen MR) is 107 cm³/mol. The normalized spacial score (nSPS) is 24.4. The van der Waals surface area contributed by atoms with Gasteiger partial charge < -0.3 is 14.7 Å². The number of ether oxygens (including phenoxy) is 1. The van der Waals surface area contributed by atoms with Crippen LogP contribution in [0.5, 0.6) is 0 Å². The van der Waals surface area contributed by atoms with Gasteiger partial charge in [0.15, 0.2) is 11.3 Å². The number of likely N-dealkylation sites (tertiary alicyclic amines) is 1. The summed E-state index contributed by atoms with van der Waals surface area (Å²) >= 11 is 0. The van der Waals surface area contributed by atoms with Gasteiger partial charge >= 0.3 is 5.97 Å². The number of carbonyl (C=O) groups is 2. The molecule has 3 heterocycles. The molecular weight excluding hydrogens is 384 g/mol. The average Bonchev–Trinajstić information content (AvgIpc) is 3.46. The summed E-state index contributed by atoms with van der Waals surface area (Å²) in [7, 11) is 3.00. The van der Waals surface area contributed by atoms with Gasteiger partial charge in [-0.1, -0.05) is 17.9 Å². The van der Waals surface area contributed by atoms with Gasteiger partial charge in [-0.05, 0) is 36.8 Å². The molecule has 3 atom stereocenters. The van der Waals surface area contributed by atoms with Crippen LogP contribution in [-0.2, 0) is 9.53 Å². The lowest BCUT2D eigenvalue weighted by Crippen LogP contribution is -2.41. The number of benzene rings is 1. The molecule has 1 amide bonds. The number of methoxy groups -OCH3 is 1. The smallest absolute Gasteiger partial charge is 0.359 e. The van der Waals surface area contributed by atoms with Gasteiger partial charge in [0.2, 0.25) is 5.60 Å². The molecule has 2 fully saturated rings. The van der Waals surface area contributed by atoms with Crippen LogP contribution in [0.15, 0.2) is 42.6 Å². The fourth-order valence-electron chi connectivity index (χ4n) is 4.05. The first kappa shape index (κ1) is 18.3. The maximum Gasteiger partial charge on any atom is 0.359 e. The summed E-state index contributed by atoms with van der Waals surface area (Å²) in [5.74, 6) is 4.69. The van der Waals surface area contributed by atoms with E-state index in [4.69, 9.17) is 4.74 Å². The van der Waals surface area contributed by atoms with Crippen molar-refractivity contribution in [1.29, 1.82) is 0 Å². The Bertz CT molecular complexity index is 1270. The van der Waals surface area contributed by atoms with Crippen LogP contribution in [0.2, 0.25) is 0 Å². The lowest BCUT2D eigenvalue weighted by atomic mass is 9.99. The van der Waals surface area contributed by atoms with Gasteiger partial charge in [-0.25, -0.2) is 14.5 Å². The van der Waals surface area contributed by atoms with Gasteiger partial charge in [-0.15, -0.1) is 0 Å². The van der Waals surface area contributed by atoms with E-state index in [-0.39, 0.29) is 23.6 Å². The first-order valence-corrected chi connectivity index (χ1v) is 9.49. The van der Waals surface area contributed by atoms with Crippen molar-refractivity contribution in [2.75, 3.05) is 14.2 Å². The second-order valence-electron chi connectivity index (χ2n) is 7.52. The topological polar surface area (TPSA) is 97.5 Å². The Balaban J connectivity index is 1.55. The Hall–Kier alpha value is -3.70. The molecule has 1 aromatic carbocycles. The van der Waals surface area contributed by atoms with Crippen molar-refractivity contribution < 1.29 is 19.4 Å². The van der Waals surface area contributed by atoms with E-state index in [1.54, 1.807) is 53.2 Å². The molecule has 0 radical (unpaired) electrons. The number of hydrogen-bond acceptors (Lipinski definition) is 6. The van der Waals surface area contributed by atoms with E-state index in [0.717, 1.165) is 6.42 Å². The second-order valence-corrected chi connectivity index (χ2v) is 7.52. The number of esters is 1. The van der Waals surface area contributed by atoms with Gasteiger partial charge in [-0.3, -0.25) is 4.79 Å². The lowest BCUT2D eigenvalue weighted by molar-refractivity contribution is -0.140. The molecular formula is C22H18N4O4. The highest BCUT2D eigenvalue weighted by Crippen LogP contribution is 2.50. The number of aromatic nitrogens is 3. The highest BCUT2D eigenvalue weighted by molar-refractivity contribution is 6.01. The Labute approximate surface area is 172 Å². The zero-order valence-electron chi connectivity index (χ0n) is 16.4. The number of pyridine rings is 1. The standard InChI is InChI=1S/C22H18N4O4/c1-25-17-12-16(17)22(29,21(25)28)9-8-13-5-3-6-14(11-13)26-19-15(7-4-10-23-19)18(24-26)20(27)30-2/h3-7,10-11,16-17,29H,12H2,1-2H3/t16-,17+,22-/m0/s1. The number of nitrogens with zero attached hydrogens (tertiary/aromatic N) is 4. The van der Waals surface area contributed by atoms with Crippen LogP contribution in [0.1, 0.15) is 22.5 Å². The van der Waals surface area contributed by atoms with Crippen molar-refractivity contribution in [3.63, 3.8) is 0 Å². The maximum atomic E-state index is 12.3. The molecule has 1 aliphatic carbocycles. The molecule has 0 unspecified atom stereocenters. The summed E-state index contributed by atoms with van der Waals surface area (Å²) < 4.78 is 6.38. The molecule has 150 valence electrons. The van der Waals surface area contributed by atoms with E-state index in [2.05, 4.69) is 21.9 Å². The number of likely N-dealkylation sites (N-methyl/N-ethyl adjacent to an activating group) is 1. The van der Waals surface area contributed by atoms with Crippen molar-refractivity contribution in [2.45, 2.75) is 18.1 Å². The summed E-state index contributed by atoms with van der Waals surface area (Å²) in [6.07, 6.45) is 2.39. The maximum absolute atomic E-state index is 12.3. The van der Waals surface area contributed by atoms with E-state index in [0.29, 0.717) is 22.3 Å². The molecule has 5 rings (SSSR count). The molecule has 1 saturated carbocycles. The van der Waals surface area contributed by atoms with Crippen LogP contribution in [0, 0.1) is 17.8 Å². The second kappa shape index (κ2) is 6.40. The SMILES string of the molecule is COC(=O)c1nn(-c2cccc(C#C[C@@]3(O)C(=O)N(C)[C@@H]4C[C@@H]43)c2)c2ncccc12. The first-order chi connectivity index (χ1) is 14.4. The minimum Gasteiger partial charge on any atom is -0.464 e. The lowest BCUT2D eigenvalue weighted by Gasteiger charge is -2.18. The Morgan fingerprint density at radius 1 is 1.33 bits per heavy atom. The van der Waals surface area contributed by atoms with E-state index in [9.17, 15) is 14.7 Å². The van der Waals surface area contributed by atoms with Crippen molar-refractivity contribution >= 4 is 22.9 Å².